The number of benzene rings is 2. The molecule has 0 radical (unpaired) electrons. The van der Waals surface area contributed by atoms with Crippen LogP contribution in [0.15, 0.2) is 48.0 Å². The molecular formula is C21H20N4O5. The van der Waals surface area contributed by atoms with Crippen molar-refractivity contribution in [2.24, 2.45) is 0 Å². The van der Waals surface area contributed by atoms with Gasteiger partial charge in [-0.25, -0.2) is 0 Å². The van der Waals surface area contributed by atoms with Gasteiger partial charge in [-0.05, 0) is 36.4 Å². The van der Waals surface area contributed by atoms with Gasteiger partial charge in [-0.2, -0.15) is 5.26 Å². The van der Waals surface area contributed by atoms with E-state index in [2.05, 4.69) is 5.32 Å². The van der Waals surface area contributed by atoms with Gasteiger partial charge in [0.25, 0.3) is 11.6 Å². The van der Waals surface area contributed by atoms with Crippen LogP contribution in [0.5, 0.6) is 5.75 Å². The molecule has 1 N–H and O–H groups in total. The smallest absolute Gasteiger partial charge is 0.270 e. The minimum absolute atomic E-state index is 0.119. The number of amides is 1. The van der Waals surface area contributed by atoms with E-state index in [-0.39, 0.29) is 11.3 Å². The topological polar surface area (TPSA) is 118 Å². The summed E-state index contributed by atoms with van der Waals surface area (Å²) in [5.74, 6) is 0.0258. The number of nitriles is 1. The fourth-order valence-corrected chi connectivity index (χ4v) is 3.04. The highest BCUT2D eigenvalue weighted by atomic mass is 16.6. The maximum absolute atomic E-state index is 12.6. The summed E-state index contributed by atoms with van der Waals surface area (Å²) >= 11 is 0. The van der Waals surface area contributed by atoms with Crippen LogP contribution in [0, 0.1) is 21.4 Å². The van der Waals surface area contributed by atoms with E-state index in [0.717, 1.165) is 0 Å². The number of methoxy groups -OCH3 is 1. The van der Waals surface area contributed by atoms with Crippen molar-refractivity contribution >= 4 is 29.0 Å². The lowest BCUT2D eigenvalue weighted by atomic mass is 10.1. The number of hydrogen-bond acceptors (Lipinski definition) is 7. The highest BCUT2D eigenvalue weighted by Gasteiger charge is 2.19. The van der Waals surface area contributed by atoms with E-state index < -0.39 is 10.8 Å². The molecule has 1 aliphatic heterocycles. The van der Waals surface area contributed by atoms with Crippen molar-refractivity contribution in [3.8, 4) is 11.8 Å². The number of nitro groups is 1. The Morgan fingerprint density at radius 2 is 1.97 bits per heavy atom. The standard InChI is InChI=1S/C21H20N4O5/c1-29-19-5-2-17(3-6-19)23-21(26)16(14-22)12-15-13-18(25(27)28)4-7-20(15)24-8-10-30-11-9-24/h2-7,12-13H,8-11H2,1H3,(H,23,26)/b16-12+. The molecule has 0 spiro atoms. The van der Waals surface area contributed by atoms with Crippen LogP contribution < -0.4 is 15.0 Å². The first-order chi connectivity index (χ1) is 14.5. The van der Waals surface area contributed by atoms with Crippen LogP contribution in [0.3, 0.4) is 0 Å². The van der Waals surface area contributed by atoms with Crippen LogP contribution in [0.4, 0.5) is 17.1 Å². The zero-order chi connectivity index (χ0) is 21.5. The monoisotopic (exact) mass is 408 g/mol. The van der Waals surface area contributed by atoms with Gasteiger partial charge in [0.15, 0.2) is 0 Å². The Kier molecular flexibility index (Phi) is 6.62. The maximum atomic E-state index is 12.6. The number of carbonyl (C=O) groups excluding carboxylic acids is 1. The highest BCUT2D eigenvalue weighted by Crippen LogP contribution is 2.28. The average Bonchev–Trinajstić information content (AvgIpc) is 2.78. The first kappa shape index (κ1) is 20.8. The molecule has 0 saturated carbocycles. The van der Waals surface area contributed by atoms with Gasteiger partial charge in [0, 0.05) is 42.2 Å². The van der Waals surface area contributed by atoms with Crippen LogP contribution in [-0.4, -0.2) is 44.2 Å². The second-order valence-corrected chi connectivity index (χ2v) is 6.45. The fraction of sp³-hybridized carbons (Fsp3) is 0.238. The molecular weight excluding hydrogens is 388 g/mol. The summed E-state index contributed by atoms with van der Waals surface area (Å²) in [7, 11) is 1.54. The van der Waals surface area contributed by atoms with E-state index in [4.69, 9.17) is 9.47 Å². The summed E-state index contributed by atoms with van der Waals surface area (Å²) in [6.45, 7) is 2.28. The van der Waals surface area contributed by atoms with E-state index in [1.807, 2.05) is 11.0 Å². The summed E-state index contributed by atoms with van der Waals surface area (Å²) in [4.78, 5) is 25.3. The quantitative estimate of drug-likeness (QED) is 0.338. The van der Waals surface area contributed by atoms with Gasteiger partial charge >= 0.3 is 0 Å². The molecule has 9 nitrogen and oxygen atoms in total. The van der Waals surface area contributed by atoms with Crippen LogP contribution in [-0.2, 0) is 9.53 Å². The van der Waals surface area contributed by atoms with Gasteiger partial charge in [0.05, 0.1) is 25.2 Å². The normalized spacial score (nSPS) is 14.0. The summed E-state index contributed by atoms with van der Waals surface area (Å²) < 4.78 is 10.4. The Morgan fingerprint density at radius 1 is 1.27 bits per heavy atom. The Balaban J connectivity index is 1.92. The molecule has 0 bridgehead atoms. The van der Waals surface area contributed by atoms with Gasteiger partial charge in [-0.15, -0.1) is 0 Å². The van der Waals surface area contributed by atoms with Gasteiger partial charge < -0.3 is 19.7 Å². The second kappa shape index (κ2) is 9.54. The lowest BCUT2D eigenvalue weighted by Crippen LogP contribution is -2.36. The highest BCUT2D eigenvalue weighted by molar-refractivity contribution is 6.10. The maximum Gasteiger partial charge on any atom is 0.270 e. The molecule has 9 heteroatoms. The van der Waals surface area contributed by atoms with Crippen LogP contribution in [0.1, 0.15) is 5.56 Å². The third-order valence-corrected chi connectivity index (χ3v) is 4.59. The number of hydrogen-bond donors (Lipinski definition) is 1. The number of anilines is 2. The minimum Gasteiger partial charge on any atom is -0.497 e. The number of non-ortho nitro benzene ring substituents is 1. The first-order valence-corrected chi connectivity index (χ1v) is 9.20. The molecule has 3 rings (SSSR count). The Labute approximate surface area is 173 Å². The number of rotatable bonds is 6. The van der Waals surface area contributed by atoms with E-state index in [0.29, 0.717) is 49.0 Å². The summed E-state index contributed by atoms with van der Waals surface area (Å²) in [5.41, 5.74) is 1.34. The lowest BCUT2D eigenvalue weighted by Gasteiger charge is -2.30. The third kappa shape index (κ3) is 4.92. The van der Waals surface area contributed by atoms with Crippen LogP contribution in [0.2, 0.25) is 0 Å². The van der Waals surface area contributed by atoms with Gasteiger partial charge in [0.2, 0.25) is 0 Å². The van der Waals surface area contributed by atoms with Crippen molar-refractivity contribution in [1.29, 1.82) is 5.26 Å². The van der Waals surface area contributed by atoms with Crippen LogP contribution in [0.25, 0.3) is 6.08 Å². The molecule has 2 aromatic carbocycles. The molecule has 1 heterocycles. The van der Waals surface area contributed by atoms with E-state index in [1.165, 1.54) is 25.3 Å². The van der Waals surface area contributed by atoms with Crippen molar-refractivity contribution in [2.75, 3.05) is 43.6 Å². The Hall–Kier alpha value is -3.90. The SMILES string of the molecule is COc1ccc(NC(=O)/C(C#N)=C/c2cc([N+](=O)[O-])ccc2N2CCOCC2)cc1. The predicted molar refractivity (Wildman–Crippen MR) is 111 cm³/mol. The number of carbonyl (C=O) groups is 1. The number of ether oxygens (including phenoxy) is 2. The zero-order valence-corrected chi connectivity index (χ0v) is 16.3. The molecule has 0 unspecified atom stereocenters. The number of nitro benzene ring substituents is 1. The number of nitrogens with one attached hydrogen (secondary N) is 1. The van der Waals surface area contributed by atoms with Crippen molar-refractivity contribution in [3.63, 3.8) is 0 Å². The van der Waals surface area contributed by atoms with Crippen molar-refractivity contribution in [1.82, 2.24) is 0 Å². The largest absolute Gasteiger partial charge is 0.497 e. The summed E-state index contributed by atoms with van der Waals surface area (Å²) in [5, 5.41) is 23.4. The molecule has 0 aromatic heterocycles. The molecule has 154 valence electrons. The van der Waals surface area contributed by atoms with Gasteiger partial charge in [-0.3, -0.25) is 14.9 Å². The second-order valence-electron chi connectivity index (χ2n) is 6.45. The summed E-state index contributed by atoms with van der Waals surface area (Å²) in [6, 6.07) is 13.0. The van der Waals surface area contributed by atoms with E-state index in [1.54, 1.807) is 30.3 Å². The Morgan fingerprint density at radius 3 is 2.57 bits per heavy atom. The molecule has 1 saturated heterocycles. The number of nitrogens with zero attached hydrogens (tertiary/aromatic N) is 3. The van der Waals surface area contributed by atoms with Crippen molar-refractivity contribution in [2.45, 2.75) is 0 Å². The minimum atomic E-state index is -0.609. The average molecular weight is 408 g/mol. The Bertz CT molecular complexity index is 1010. The predicted octanol–water partition coefficient (Wildman–Crippen LogP) is 2.99. The molecule has 0 atom stereocenters. The van der Waals surface area contributed by atoms with Gasteiger partial charge in [0.1, 0.15) is 17.4 Å². The van der Waals surface area contributed by atoms with E-state index in [9.17, 15) is 20.2 Å². The molecule has 30 heavy (non-hydrogen) atoms. The van der Waals surface area contributed by atoms with E-state index >= 15 is 0 Å². The summed E-state index contributed by atoms with van der Waals surface area (Å²) in [6.07, 6.45) is 1.37. The van der Waals surface area contributed by atoms with Crippen molar-refractivity contribution < 1.29 is 19.2 Å². The number of morpholine rings is 1. The molecule has 1 amide bonds. The molecule has 0 aliphatic carbocycles. The first-order valence-electron chi connectivity index (χ1n) is 9.20. The zero-order valence-electron chi connectivity index (χ0n) is 16.3. The van der Waals surface area contributed by atoms with Crippen LogP contribution >= 0.6 is 0 Å². The van der Waals surface area contributed by atoms with Crippen molar-refractivity contribution in [3.05, 3.63) is 63.7 Å². The molecule has 2 aromatic rings. The van der Waals surface area contributed by atoms with Gasteiger partial charge in [-0.1, -0.05) is 0 Å². The third-order valence-electron chi connectivity index (χ3n) is 4.59. The molecule has 1 aliphatic rings. The lowest BCUT2D eigenvalue weighted by molar-refractivity contribution is -0.384. The molecule has 1 fully saturated rings. The fourth-order valence-electron chi connectivity index (χ4n) is 3.04.